The topological polar surface area (TPSA) is 37.3 Å². The molecule has 0 unspecified atom stereocenters. The van der Waals surface area contributed by atoms with Crippen LogP contribution < -0.4 is 4.74 Å². The van der Waals surface area contributed by atoms with Crippen LogP contribution in [0.4, 0.5) is 0 Å². The van der Waals surface area contributed by atoms with Crippen molar-refractivity contribution in [2.24, 2.45) is 5.16 Å². The third-order valence-corrected chi connectivity index (χ3v) is 5.99. The Morgan fingerprint density at radius 3 is 2.28 bits per heavy atom. The molecule has 7 heteroatoms. The van der Waals surface area contributed by atoms with Crippen molar-refractivity contribution >= 4 is 30.5 Å². The van der Waals surface area contributed by atoms with Crippen LogP contribution in [0.5, 0.6) is 5.75 Å². The van der Waals surface area contributed by atoms with Crippen LogP contribution in [0.15, 0.2) is 29.4 Å². The lowest BCUT2D eigenvalue weighted by Gasteiger charge is -2.27. The molecule has 0 aromatic heterocycles. The van der Waals surface area contributed by atoms with E-state index in [-0.39, 0.29) is 30.4 Å². The zero-order valence-corrected chi connectivity index (χ0v) is 22.0. The van der Waals surface area contributed by atoms with Gasteiger partial charge in [-0.2, -0.15) is 0 Å². The fourth-order valence-electron chi connectivity index (χ4n) is 4.22. The van der Waals surface area contributed by atoms with Crippen LogP contribution >= 0.6 is 24.8 Å². The first kappa shape index (κ1) is 29.0. The normalized spacial score (nSPS) is 20.4. The molecule has 2 fully saturated rings. The van der Waals surface area contributed by atoms with E-state index in [0.29, 0.717) is 0 Å². The molecular formula is C25H43Cl2N3O2. The van der Waals surface area contributed by atoms with Crippen molar-refractivity contribution in [2.75, 3.05) is 39.3 Å². The monoisotopic (exact) mass is 487 g/mol. The van der Waals surface area contributed by atoms with E-state index >= 15 is 0 Å². The van der Waals surface area contributed by atoms with Crippen molar-refractivity contribution in [3.63, 3.8) is 0 Å². The van der Waals surface area contributed by atoms with Crippen molar-refractivity contribution in [1.29, 1.82) is 0 Å². The first-order valence-corrected chi connectivity index (χ1v) is 11.9. The van der Waals surface area contributed by atoms with E-state index in [2.05, 4.69) is 46.1 Å². The average molecular weight is 489 g/mol. The van der Waals surface area contributed by atoms with Crippen LogP contribution in [-0.4, -0.2) is 66.5 Å². The maximum absolute atomic E-state index is 5.99. The number of hydrogen-bond acceptors (Lipinski definition) is 5. The lowest BCUT2D eigenvalue weighted by Crippen LogP contribution is -2.35. The van der Waals surface area contributed by atoms with E-state index < -0.39 is 0 Å². The van der Waals surface area contributed by atoms with Gasteiger partial charge in [-0.25, -0.2) is 0 Å². The van der Waals surface area contributed by atoms with Crippen LogP contribution in [0.1, 0.15) is 71.8 Å². The number of piperidine rings is 1. The lowest BCUT2D eigenvalue weighted by atomic mass is 10.1. The fourth-order valence-corrected chi connectivity index (χ4v) is 4.22. The Balaban J connectivity index is 0.00000256. The van der Waals surface area contributed by atoms with E-state index in [4.69, 9.17) is 9.57 Å². The van der Waals surface area contributed by atoms with Gasteiger partial charge >= 0.3 is 0 Å². The molecule has 5 nitrogen and oxygen atoms in total. The minimum absolute atomic E-state index is 0. The van der Waals surface area contributed by atoms with Gasteiger partial charge in [0, 0.05) is 24.7 Å². The van der Waals surface area contributed by atoms with Crippen molar-refractivity contribution in [2.45, 2.75) is 77.9 Å². The Hall–Kier alpha value is -1.01. The van der Waals surface area contributed by atoms with Crippen molar-refractivity contribution in [3.05, 3.63) is 29.8 Å². The minimum Gasteiger partial charge on any atom is -0.494 e. The van der Waals surface area contributed by atoms with Gasteiger partial charge in [0.2, 0.25) is 0 Å². The van der Waals surface area contributed by atoms with Crippen LogP contribution in [-0.2, 0) is 4.84 Å². The predicted octanol–water partition coefficient (Wildman–Crippen LogP) is 5.79. The van der Waals surface area contributed by atoms with Crippen LogP contribution in [0.25, 0.3) is 0 Å². The quantitative estimate of drug-likeness (QED) is 0.251. The van der Waals surface area contributed by atoms with Gasteiger partial charge in [-0.1, -0.05) is 11.6 Å². The van der Waals surface area contributed by atoms with Crippen molar-refractivity contribution in [1.82, 2.24) is 9.80 Å². The smallest absolute Gasteiger partial charge is 0.129 e. The van der Waals surface area contributed by atoms with Gasteiger partial charge in [-0.3, -0.25) is 4.90 Å². The molecule has 1 aromatic rings. The summed E-state index contributed by atoms with van der Waals surface area (Å²) in [5.41, 5.74) is 1.83. The van der Waals surface area contributed by atoms with Gasteiger partial charge < -0.3 is 14.5 Å². The zero-order chi connectivity index (χ0) is 21.4. The largest absolute Gasteiger partial charge is 0.494 e. The molecular weight excluding hydrogens is 445 g/mol. The molecule has 0 amide bonds. The number of likely N-dealkylation sites (tertiary alicyclic amines) is 2. The fraction of sp³-hybridized carbons (Fsp3) is 0.720. The summed E-state index contributed by atoms with van der Waals surface area (Å²) >= 11 is 0. The first-order valence-electron chi connectivity index (χ1n) is 11.9. The summed E-state index contributed by atoms with van der Waals surface area (Å²) in [6, 6.07) is 9.10. The first-order chi connectivity index (χ1) is 14.4. The number of ether oxygens (including phenoxy) is 1. The standard InChI is InChI=1S/C25H41N3O2.2ClH/c1-21-10-8-17-28(21)18-9-19-29-23-13-11-22(12-14-23)24(26-30-25(2,3)4)20-27-15-6-5-7-16-27;;/h11-14,21H,5-10,15-20H2,1-4H3;2*1H/t21-;;/m1../s1. The van der Waals surface area contributed by atoms with Gasteiger partial charge in [0.25, 0.3) is 0 Å². The Morgan fingerprint density at radius 1 is 1.00 bits per heavy atom. The van der Waals surface area contributed by atoms with E-state index in [1.807, 2.05) is 20.8 Å². The Kier molecular flexibility index (Phi) is 13.0. The molecule has 1 aromatic carbocycles. The number of halogens is 2. The lowest BCUT2D eigenvalue weighted by molar-refractivity contribution is 0.000366. The molecule has 0 N–H and O–H groups in total. The zero-order valence-electron chi connectivity index (χ0n) is 20.3. The minimum atomic E-state index is -0.289. The summed E-state index contributed by atoms with van der Waals surface area (Å²) in [5, 5.41) is 4.54. The Bertz CT molecular complexity index is 671. The molecule has 2 aliphatic heterocycles. The predicted molar refractivity (Wildman–Crippen MR) is 139 cm³/mol. The maximum atomic E-state index is 5.99. The molecule has 184 valence electrons. The van der Waals surface area contributed by atoms with E-state index in [9.17, 15) is 0 Å². The Labute approximate surface area is 207 Å². The van der Waals surface area contributed by atoms with Gasteiger partial charge in [-0.05, 0) is 104 Å². The summed E-state index contributed by atoms with van der Waals surface area (Å²) < 4.78 is 5.99. The molecule has 2 aliphatic rings. The third-order valence-electron chi connectivity index (χ3n) is 5.99. The molecule has 0 spiro atoms. The van der Waals surface area contributed by atoms with Gasteiger partial charge in [0.15, 0.2) is 0 Å². The SMILES string of the molecule is C[C@@H]1CCCN1CCCOc1ccc(C(CN2CCCCC2)=NOC(C)(C)C)cc1.Cl.Cl. The molecule has 0 aliphatic carbocycles. The molecule has 2 saturated heterocycles. The number of nitrogens with zero attached hydrogens (tertiary/aromatic N) is 3. The molecule has 1 atom stereocenters. The van der Waals surface area contributed by atoms with Gasteiger partial charge in [0.05, 0.1) is 6.61 Å². The highest BCUT2D eigenvalue weighted by atomic mass is 35.5. The maximum Gasteiger partial charge on any atom is 0.129 e. The van der Waals surface area contributed by atoms with Gasteiger partial charge in [-0.15, -0.1) is 24.8 Å². The highest BCUT2D eigenvalue weighted by molar-refractivity contribution is 6.01. The average Bonchev–Trinajstić information content (AvgIpc) is 3.14. The van der Waals surface area contributed by atoms with Crippen LogP contribution in [0.3, 0.4) is 0 Å². The van der Waals surface area contributed by atoms with E-state index in [0.717, 1.165) is 62.3 Å². The van der Waals surface area contributed by atoms with Crippen LogP contribution in [0, 0.1) is 0 Å². The summed E-state index contributed by atoms with van der Waals surface area (Å²) in [6.45, 7) is 14.7. The molecule has 3 rings (SSSR count). The highest BCUT2D eigenvalue weighted by Crippen LogP contribution is 2.18. The second-order valence-corrected chi connectivity index (χ2v) is 9.83. The highest BCUT2D eigenvalue weighted by Gasteiger charge is 2.19. The third kappa shape index (κ3) is 9.86. The number of oxime groups is 1. The number of hydrogen-bond donors (Lipinski definition) is 0. The summed E-state index contributed by atoms with van der Waals surface area (Å²) in [7, 11) is 0. The molecule has 0 bridgehead atoms. The second kappa shape index (κ2) is 14.3. The molecule has 0 saturated carbocycles. The molecule has 32 heavy (non-hydrogen) atoms. The van der Waals surface area contributed by atoms with Crippen LogP contribution in [0.2, 0.25) is 0 Å². The summed E-state index contributed by atoms with van der Waals surface area (Å²) in [4.78, 5) is 10.8. The second-order valence-electron chi connectivity index (χ2n) is 9.83. The van der Waals surface area contributed by atoms with Crippen molar-refractivity contribution in [3.8, 4) is 5.75 Å². The Morgan fingerprint density at radius 2 is 1.69 bits per heavy atom. The summed E-state index contributed by atoms with van der Waals surface area (Å²) in [6.07, 6.45) is 7.64. The van der Waals surface area contributed by atoms with Crippen molar-refractivity contribution < 1.29 is 9.57 Å². The summed E-state index contributed by atoms with van der Waals surface area (Å²) in [5.74, 6) is 0.933. The molecule has 0 radical (unpaired) electrons. The number of benzene rings is 1. The van der Waals surface area contributed by atoms with E-state index in [1.54, 1.807) is 0 Å². The number of rotatable bonds is 9. The molecule has 2 heterocycles. The van der Waals surface area contributed by atoms with E-state index in [1.165, 1.54) is 38.6 Å². The van der Waals surface area contributed by atoms with Gasteiger partial charge in [0.1, 0.15) is 17.1 Å².